The summed E-state index contributed by atoms with van der Waals surface area (Å²) in [6.07, 6.45) is 6.83. The van der Waals surface area contributed by atoms with E-state index in [4.69, 9.17) is 4.74 Å². The Morgan fingerprint density at radius 1 is 1.06 bits per heavy atom. The van der Waals surface area contributed by atoms with Gasteiger partial charge in [0.2, 0.25) is 0 Å². The number of Topliss-reactive ketones (excluding diaryl/α,β-unsaturated/α-hetero) is 1. The first kappa shape index (κ1) is 23.3. The topological polar surface area (TPSA) is 84.7 Å². The number of nitrogens with zero attached hydrogens (tertiary/aromatic N) is 3. The second-order valence-corrected chi connectivity index (χ2v) is 8.43. The molecule has 7 nitrogen and oxygen atoms in total. The van der Waals surface area contributed by atoms with E-state index in [9.17, 15) is 14.7 Å². The van der Waals surface area contributed by atoms with Crippen molar-refractivity contribution in [3.63, 3.8) is 0 Å². The van der Waals surface area contributed by atoms with Crippen molar-refractivity contribution in [1.82, 2.24) is 14.5 Å². The Morgan fingerprint density at radius 2 is 1.79 bits per heavy atom. The summed E-state index contributed by atoms with van der Waals surface area (Å²) in [6, 6.07) is 14.0. The molecule has 176 valence electrons. The first-order valence-electron chi connectivity index (χ1n) is 11.5. The summed E-state index contributed by atoms with van der Waals surface area (Å²) in [5.74, 6) is -0.755. The minimum atomic E-state index is -0.669. The molecule has 1 unspecified atom stereocenters. The van der Waals surface area contributed by atoms with Crippen LogP contribution in [0.5, 0.6) is 5.75 Å². The first-order valence-corrected chi connectivity index (χ1v) is 11.5. The summed E-state index contributed by atoms with van der Waals surface area (Å²) in [4.78, 5) is 31.8. The molecule has 1 fully saturated rings. The number of benzene rings is 2. The summed E-state index contributed by atoms with van der Waals surface area (Å²) in [7, 11) is 0. The quantitative estimate of drug-likeness (QED) is 0.289. The molecule has 34 heavy (non-hydrogen) atoms. The van der Waals surface area contributed by atoms with E-state index in [-0.39, 0.29) is 11.3 Å². The lowest BCUT2D eigenvalue weighted by Gasteiger charge is -2.25. The van der Waals surface area contributed by atoms with E-state index in [1.54, 1.807) is 41.7 Å². The summed E-state index contributed by atoms with van der Waals surface area (Å²) >= 11 is 0. The Hall–Kier alpha value is -3.87. The van der Waals surface area contributed by atoms with Crippen molar-refractivity contribution in [3.05, 3.63) is 89.5 Å². The number of aromatic nitrogens is 2. The van der Waals surface area contributed by atoms with Crippen LogP contribution in [0, 0.1) is 6.92 Å². The molecule has 3 aromatic rings. The number of hydrogen-bond acceptors (Lipinski definition) is 5. The highest BCUT2D eigenvalue weighted by atomic mass is 16.5. The molecule has 1 aliphatic rings. The van der Waals surface area contributed by atoms with Crippen LogP contribution < -0.4 is 4.74 Å². The van der Waals surface area contributed by atoms with Gasteiger partial charge in [0, 0.05) is 31.0 Å². The molecule has 1 aliphatic heterocycles. The average Bonchev–Trinajstić information content (AvgIpc) is 3.45. The number of aliphatic hydroxyl groups is 1. The van der Waals surface area contributed by atoms with Gasteiger partial charge in [-0.2, -0.15) is 0 Å². The molecule has 0 radical (unpaired) electrons. The Labute approximate surface area is 199 Å². The standard InChI is InChI=1S/C27H29N3O4/c1-3-17-34-22-11-9-21(10-12-22)25(31)23-24(20-7-5-19(2)6-8-20)30(27(33)26(23)32)15-4-14-29-16-13-28-18-29/h5-13,16,18,24,31H,3-4,14-15,17H2,1-2H3. The number of carbonyl (C=O) groups is 2. The van der Waals surface area contributed by atoms with Crippen LogP contribution >= 0.6 is 0 Å². The molecule has 7 heteroatoms. The number of aryl methyl sites for hydroxylation is 2. The van der Waals surface area contributed by atoms with Crippen molar-refractivity contribution in [1.29, 1.82) is 0 Å². The van der Waals surface area contributed by atoms with Gasteiger partial charge >= 0.3 is 0 Å². The van der Waals surface area contributed by atoms with Crippen LogP contribution in [0.3, 0.4) is 0 Å². The minimum absolute atomic E-state index is 0.110. The summed E-state index contributed by atoms with van der Waals surface area (Å²) in [6.45, 7) is 5.65. The van der Waals surface area contributed by atoms with Gasteiger partial charge in [0.15, 0.2) is 0 Å². The van der Waals surface area contributed by atoms with Crippen molar-refractivity contribution in [2.24, 2.45) is 0 Å². The molecule has 1 atom stereocenters. The van der Waals surface area contributed by atoms with Crippen LogP contribution in [-0.2, 0) is 16.1 Å². The summed E-state index contributed by atoms with van der Waals surface area (Å²) < 4.78 is 7.54. The minimum Gasteiger partial charge on any atom is -0.507 e. The molecule has 4 rings (SSSR count). The highest BCUT2D eigenvalue weighted by Crippen LogP contribution is 2.39. The molecular weight excluding hydrogens is 430 g/mol. The Bertz CT molecular complexity index is 1170. The fourth-order valence-electron chi connectivity index (χ4n) is 4.13. The maximum Gasteiger partial charge on any atom is 0.295 e. The maximum atomic E-state index is 13.1. The molecule has 1 amide bonds. The number of ketones is 1. The fraction of sp³-hybridized carbons (Fsp3) is 0.296. The van der Waals surface area contributed by atoms with Gasteiger partial charge in [-0.3, -0.25) is 9.59 Å². The lowest BCUT2D eigenvalue weighted by Crippen LogP contribution is -2.31. The SMILES string of the molecule is CCCOc1ccc(C(O)=C2C(=O)C(=O)N(CCCn3ccnc3)C2c2ccc(C)cc2)cc1. The third-order valence-corrected chi connectivity index (χ3v) is 5.91. The lowest BCUT2D eigenvalue weighted by molar-refractivity contribution is -0.139. The molecule has 0 bridgehead atoms. The molecule has 2 heterocycles. The zero-order chi connectivity index (χ0) is 24.1. The first-order chi connectivity index (χ1) is 16.5. The predicted octanol–water partition coefficient (Wildman–Crippen LogP) is 4.49. The summed E-state index contributed by atoms with van der Waals surface area (Å²) in [5.41, 5.74) is 2.44. The van der Waals surface area contributed by atoms with Crippen molar-refractivity contribution in [2.45, 2.75) is 39.3 Å². The molecular formula is C27H29N3O4. The van der Waals surface area contributed by atoms with Crippen molar-refractivity contribution >= 4 is 17.4 Å². The highest BCUT2D eigenvalue weighted by Gasteiger charge is 2.45. The Balaban J connectivity index is 1.67. The van der Waals surface area contributed by atoms with Crippen LogP contribution in [0.1, 0.15) is 42.5 Å². The number of likely N-dealkylation sites (tertiary alicyclic amines) is 1. The van der Waals surface area contributed by atoms with E-state index in [0.29, 0.717) is 37.4 Å². The molecule has 1 N–H and O–H groups in total. The van der Waals surface area contributed by atoms with E-state index in [1.807, 2.05) is 48.9 Å². The van der Waals surface area contributed by atoms with Crippen molar-refractivity contribution in [2.75, 3.05) is 13.2 Å². The van der Waals surface area contributed by atoms with Gasteiger partial charge < -0.3 is 19.3 Å². The largest absolute Gasteiger partial charge is 0.507 e. The molecule has 0 saturated carbocycles. The van der Waals surface area contributed by atoms with E-state index >= 15 is 0 Å². The van der Waals surface area contributed by atoms with Crippen LogP contribution in [-0.4, -0.2) is 44.4 Å². The lowest BCUT2D eigenvalue weighted by atomic mass is 9.94. The van der Waals surface area contributed by atoms with Crippen LogP contribution in [0.15, 0.2) is 72.8 Å². The van der Waals surface area contributed by atoms with Crippen LogP contribution in [0.25, 0.3) is 5.76 Å². The average molecular weight is 460 g/mol. The smallest absolute Gasteiger partial charge is 0.295 e. The number of amides is 1. The van der Waals surface area contributed by atoms with E-state index in [0.717, 1.165) is 17.5 Å². The number of imidazole rings is 1. The second kappa shape index (κ2) is 10.4. The molecule has 0 aliphatic carbocycles. The van der Waals surface area contributed by atoms with E-state index < -0.39 is 17.7 Å². The van der Waals surface area contributed by atoms with Gasteiger partial charge in [0.25, 0.3) is 11.7 Å². The molecule has 2 aromatic carbocycles. The van der Waals surface area contributed by atoms with Crippen molar-refractivity contribution in [3.8, 4) is 5.75 Å². The molecule has 1 aromatic heterocycles. The molecule has 1 saturated heterocycles. The monoisotopic (exact) mass is 459 g/mol. The van der Waals surface area contributed by atoms with Gasteiger partial charge in [-0.15, -0.1) is 0 Å². The number of ether oxygens (including phenoxy) is 1. The zero-order valence-corrected chi connectivity index (χ0v) is 19.5. The van der Waals surface area contributed by atoms with Gasteiger partial charge in [-0.1, -0.05) is 36.8 Å². The second-order valence-electron chi connectivity index (χ2n) is 8.43. The third kappa shape index (κ3) is 4.88. The van der Waals surface area contributed by atoms with Crippen LogP contribution in [0.4, 0.5) is 0 Å². The van der Waals surface area contributed by atoms with Gasteiger partial charge in [-0.05, 0) is 49.6 Å². The van der Waals surface area contributed by atoms with E-state index in [2.05, 4.69) is 4.98 Å². The Morgan fingerprint density at radius 3 is 2.44 bits per heavy atom. The number of aliphatic hydroxyl groups excluding tert-OH is 1. The summed E-state index contributed by atoms with van der Waals surface area (Å²) in [5, 5.41) is 11.2. The number of rotatable bonds is 9. The highest BCUT2D eigenvalue weighted by molar-refractivity contribution is 6.46. The maximum absolute atomic E-state index is 13.1. The van der Waals surface area contributed by atoms with Gasteiger partial charge in [0.05, 0.1) is 24.5 Å². The normalized spacial score (nSPS) is 17.4. The predicted molar refractivity (Wildman–Crippen MR) is 129 cm³/mol. The van der Waals surface area contributed by atoms with Crippen molar-refractivity contribution < 1.29 is 19.4 Å². The van der Waals surface area contributed by atoms with Gasteiger partial charge in [0.1, 0.15) is 11.5 Å². The van der Waals surface area contributed by atoms with Crippen LogP contribution in [0.2, 0.25) is 0 Å². The number of carbonyl (C=O) groups excluding carboxylic acids is 2. The zero-order valence-electron chi connectivity index (χ0n) is 19.5. The number of hydrogen-bond donors (Lipinski definition) is 1. The third-order valence-electron chi connectivity index (χ3n) is 5.91. The molecule has 0 spiro atoms. The fourth-order valence-corrected chi connectivity index (χ4v) is 4.13. The van der Waals surface area contributed by atoms with Gasteiger partial charge in [-0.25, -0.2) is 4.98 Å². The van der Waals surface area contributed by atoms with E-state index in [1.165, 1.54) is 0 Å². The Kier molecular flexibility index (Phi) is 7.11.